The van der Waals surface area contributed by atoms with E-state index in [0.717, 1.165) is 24.3 Å². The van der Waals surface area contributed by atoms with Crippen molar-refractivity contribution in [3.63, 3.8) is 0 Å². The van der Waals surface area contributed by atoms with Crippen LogP contribution in [0.25, 0.3) is 0 Å². The second-order valence-corrected chi connectivity index (χ2v) is 7.41. The van der Waals surface area contributed by atoms with Gasteiger partial charge in [-0.05, 0) is 75.7 Å². The summed E-state index contributed by atoms with van der Waals surface area (Å²) in [5.74, 6) is 2.75. The van der Waals surface area contributed by atoms with E-state index in [0.29, 0.717) is 5.41 Å². The van der Waals surface area contributed by atoms with E-state index in [1.807, 2.05) is 6.92 Å². The Kier molecular flexibility index (Phi) is 2.92. The maximum absolute atomic E-state index is 11.3. The second-order valence-electron chi connectivity index (χ2n) is 7.41. The summed E-state index contributed by atoms with van der Waals surface area (Å²) in [6.45, 7) is 3.00. The van der Waals surface area contributed by atoms with Crippen molar-refractivity contribution in [1.29, 1.82) is 0 Å². The predicted octanol–water partition coefficient (Wildman–Crippen LogP) is 2.01. The van der Waals surface area contributed by atoms with Gasteiger partial charge in [0.1, 0.15) is 0 Å². The summed E-state index contributed by atoms with van der Waals surface area (Å²) in [6.07, 6.45) is 8.63. The normalized spacial score (nSPS) is 43.4. The Labute approximate surface area is 110 Å². The molecule has 4 aliphatic carbocycles. The molecular formula is C15H26N2O. The van der Waals surface area contributed by atoms with Gasteiger partial charge < -0.3 is 5.73 Å². The van der Waals surface area contributed by atoms with Crippen LogP contribution in [0.2, 0.25) is 0 Å². The van der Waals surface area contributed by atoms with E-state index in [9.17, 15) is 4.79 Å². The second kappa shape index (κ2) is 4.22. The first-order chi connectivity index (χ1) is 8.47. The van der Waals surface area contributed by atoms with Crippen molar-refractivity contribution in [1.82, 2.24) is 4.90 Å². The number of nitrogens with zero attached hydrogens (tertiary/aromatic N) is 1. The zero-order valence-corrected chi connectivity index (χ0v) is 11.7. The molecule has 0 saturated heterocycles. The molecule has 18 heavy (non-hydrogen) atoms. The topological polar surface area (TPSA) is 46.3 Å². The first-order valence-corrected chi connectivity index (χ1v) is 7.47. The maximum atomic E-state index is 11.3. The van der Waals surface area contributed by atoms with Crippen LogP contribution >= 0.6 is 0 Å². The van der Waals surface area contributed by atoms with Gasteiger partial charge in [0.05, 0.1) is 6.04 Å². The number of rotatable bonds is 4. The summed E-state index contributed by atoms with van der Waals surface area (Å²) < 4.78 is 0. The smallest absolute Gasteiger partial charge is 0.234 e. The third kappa shape index (κ3) is 2.07. The Morgan fingerprint density at radius 2 is 1.67 bits per heavy atom. The number of primary amides is 1. The van der Waals surface area contributed by atoms with Gasteiger partial charge in [0, 0.05) is 6.54 Å². The fraction of sp³-hybridized carbons (Fsp3) is 0.933. The monoisotopic (exact) mass is 250 g/mol. The lowest BCUT2D eigenvalue weighted by atomic mass is 9.49. The number of amides is 1. The number of hydrogen-bond donors (Lipinski definition) is 1. The minimum atomic E-state index is -0.192. The highest BCUT2D eigenvalue weighted by Gasteiger charge is 2.51. The highest BCUT2D eigenvalue weighted by Crippen LogP contribution is 2.60. The van der Waals surface area contributed by atoms with Crippen molar-refractivity contribution in [2.45, 2.75) is 51.5 Å². The largest absolute Gasteiger partial charge is 0.368 e. The zero-order valence-electron chi connectivity index (χ0n) is 11.7. The van der Waals surface area contributed by atoms with Crippen molar-refractivity contribution >= 4 is 5.91 Å². The van der Waals surface area contributed by atoms with Gasteiger partial charge in [-0.2, -0.15) is 0 Å². The lowest BCUT2D eigenvalue weighted by Crippen LogP contribution is -2.53. The molecule has 0 aromatic carbocycles. The SMILES string of the molecule is C[C@H](C(N)=O)N(C)CC12CC3CC(CC(C3)C1)C2. The zero-order chi connectivity index (χ0) is 12.9. The van der Waals surface area contributed by atoms with Crippen LogP contribution in [0.4, 0.5) is 0 Å². The van der Waals surface area contributed by atoms with Crippen molar-refractivity contribution < 1.29 is 4.79 Å². The number of hydrogen-bond acceptors (Lipinski definition) is 2. The van der Waals surface area contributed by atoms with Crippen molar-refractivity contribution in [2.24, 2.45) is 28.9 Å². The Morgan fingerprint density at radius 3 is 2.06 bits per heavy atom. The highest BCUT2D eigenvalue weighted by molar-refractivity contribution is 5.79. The molecule has 4 aliphatic rings. The van der Waals surface area contributed by atoms with E-state index in [-0.39, 0.29) is 11.9 Å². The molecule has 4 bridgehead atoms. The van der Waals surface area contributed by atoms with Gasteiger partial charge in [0.2, 0.25) is 5.91 Å². The van der Waals surface area contributed by atoms with Crippen LogP contribution < -0.4 is 5.73 Å². The summed E-state index contributed by atoms with van der Waals surface area (Å²) >= 11 is 0. The fourth-order valence-corrected chi connectivity index (χ4v) is 5.37. The predicted molar refractivity (Wildman–Crippen MR) is 71.9 cm³/mol. The third-order valence-electron chi connectivity index (χ3n) is 5.82. The summed E-state index contributed by atoms with van der Waals surface area (Å²) in [5.41, 5.74) is 5.93. The van der Waals surface area contributed by atoms with Gasteiger partial charge >= 0.3 is 0 Å². The van der Waals surface area contributed by atoms with Crippen molar-refractivity contribution in [2.75, 3.05) is 13.6 Å². The molecule has 0 radical (unpaired) electrons. The average Bonchev–Trinajstić information content (AvgIpc) is 2.24. The van der Waals surface area contributed by atoms with Crippen LogP contribution in [0.1, 0.15) is 45.4 Å². The van der Waals surface area contributed by atoms with Gasteiger partial charge in [-0.15, -0.1) is 0 Å². The molecule has 0 aromatic rings. The molecule has 102 valence electrons. The van der Waals surface area contributed by atoms with Crippen LogP contribution in [0.5, 0.6) is 0 Å². The summed E-state index contributed by atoms with van der Waals surface area (Å²) in [5, 5.41) is 0. The first kappa shape index (κ1) is 12.5. The molecule has 1 atom stereocenters. The van der Waals surface area contributed by atoms with E-state index in [2.05, 4.69) is 11.9 Å². The highest BCUT2D eigenvalue weighted by atomic mass is 16.1. The van der Waals surface area contributed by atoms with Crippen LogP contribution in [0.3, 0.4) is 0 Å². The van der Waals surface area contributed by atoms with Crippen LogP contribution in [0.15, 0.2) is 0 Å². The van der Waals surface area contributed by atoms with Crippen LogP contribution in [-0.2, 0) is 4.79 Å². The number of likely N-dealkylation sites (N-methyl/N-ethyl adjacent to an activating group) is 1. The van der Waals surface area contributed by atoms with Crippen molar-refractivity contribution in [3.05, 3.63) is 0 Å². The van der Waals surface area contributed by atoms with Gasteiger partial charge in [0.25, 0.3) is 0 Å². The molecule has 4 rings (SSSR count). The Bertz CT molecular complexity index is 317. The summed E-state index contributed by atoms with van der Waals surface area (Å²) in [7, 11) is 2.06. The molecule has 3 nitrogen and oxygen atoms in total. The Balaban J connectivity index is 1.70. The van der Waals surface area contributed by atoms with Crippen LogP contribution in [0, 0.1) is 23.2 Å². The number of nitrogens with two attached hydrogens (primary N) is 1. The molecule has 0 heterocycles. The van der Waals surface area contributed by atoms with E-state index in [1.165, 1.54) is 38.5 Å². The maximum Gasteiger partial charge on any atom is 0.234 e. The lowest BCUT2D eigenvalue weighted by Gasteiger charge is -2.58. The molecule has 0 spiro atoms. The molecule has 3 heteroatoms. The molecule has 0 aliphatic heterocycles. The number of carbonyl (C=O) groups excluding carboxylic acids is 1. The minimum Gasteiger partial charge on any atom is -0.368 e. The lowest BCUT2D eigenvalue weighted by molar-refractivity contribution is -0.124. The van der Waals surface area contributed by atoms with E-state index < -0.39 is 0 Å². The quantitative estimate of drug-likeness (QED) is 0.829. The molecule has 4 saturated carbocycles. The van der Waals surface area contributed by atoms with Crippen LogP contribution in [-0.4, -0.2) is 30.4 Å². The van der Waals surface area contributed by atoms with Crippen molar-refractivity contribution in [3.8, 4) is 0 Å². The van der Waals surface area contributed by atoms with Gasteiger partial charge in [-0.25, -0.2) is 0 Å². The molecule has 4 fully saturated rings. The fourth-order valence-electron chi connectivity index (χ4n) is 5.37. The number of carbonyl (C=O) groups is 1. The average molecular weight is 250 g/mol. The molecule has 0 aromatic heterocycles. The first-order valence-electron chi connectivity index (χ1n) is 7.47. The van der Waals surface area contributed by atoms with E-state index >= 15 is 0 Å². The molecule has 0 unspecified atom stereocenters. The van der Waals surface area contributed by atoms with E-state index in [4.69, 9.17) is 5.73 Å². The minimum absolute atomic E-state index is 0.127. The molecule has 2 N–H and O–H groups in total. The third-order valence-corrected chi connectivity index (χ3v) is 5.82. The Hall–Kier alpha value is -0.570. The molecular weight excluding hydrogens is 224 g/mol. The summed E-state index contributed by atoms with van der Waals surface area (Å²) in [4.78, 5) is 13.5. The summed E-state index contributed by atoms with van der Waals surface area (Å²) in [6, 6.07) is -0.127. The van der Waals surface area contributed by atoms with E-state index in [1.54, 1.807) is 0 Å². The van der Waals surface area contributed by atoms with Gasteiger partial charge in [-0.3, -0.25) is 9.69 Å². The standard InChI is InChI=1S/C15H26N2O/c1-10(14(16)18)17(2)9-15-6-11-3-12(7-15)5-13(4-11)8-15/h10-13H,3-9H2,1-2H3,(H2,16,18)/t10-,11?,12?,13?,15?/m1/s1. The molecule has 1 amide bonds. The van der Waals surface area contributed by atoms with Gasteiger partial charge in [0.15, 0.2) is 0 Å². The Morgan fingerprint density at radius 1 is 1.22 bits per heavy atom. The van der Waals surface area contributed by atoms with Gasteiger partial charge in [-0.1, -0.05) is 0 Å².